The zero-order chi connectivity index (χ0) is 22.8. The second-order valence-corrected chi connectivity index (χ2v) is 9.36. The van der Waals surface area contributed by atoms with Crippen LogP contribution in [0.2, 0.25) is 0 Å². The van der Waals surface area contributed by atoms with E-state index in [1.807, 2.05) is 49.3 Å². The van der Waals surface area contributed by atoms with Crippen LogP contribution in [0.3, 0.4) is 0 Å². The Morgan fingerprint density at radius 1 is 1.00 bits per heavy atom. The Morgan fingerprint density at radius 3 is 2.23 bits per heavy atom. The normalized spacial score (nSPS) is 12.6. The van der Waals surface area contributed by atoms with Crippen LogP contribution in [0.25, 0.3) is 0 Å². The molecule has 1 amide bonds. The Morgan fingerprint density at radius 2 is 1.65 bits per heavy atom. The molecule has 2 rings (SSSR count). The molecule has 0 aliphatic carbocycles. The van der Waals surface area contributed by atoms with E-state index < -0.39 is 17.9 Å². The lowest BCUT2D eigenvalue weighted by Gasteiger charge is -2.17. The van der Waals surface area contributed by atoms with Crippen LogP contribution >= 0.6 is 23.5 Å². The monoisotopic (exact) mass is 460 g/mol. The van der Waals surface area contributed by atoms with Gasteiger partial charge in [-0.2, -0.15) is 11.8 Å². The van der Waals surface area contributed by atoms with Crippen molar-refractivity contribution in [2.24, 2.45) is 5.92 Å². The van der Waals surface area contributed by atoms with E-state index >= 15 is 0 Å². The SMILES string of the molecule is C[C@H](CSC(=O)c1ccccc1)C(=O)N[C@@H](CSCc1ccc(N(C)C)cc1)C(=O)O. The van der Waals surface area contributed by atoms with Crippen LogP contribution in [0.4, 0.5) is 5.69 Å². The number of carbonyl (C=O) groups is 3. The summed E-state index contributed by atoms with van der Waals surface area (Å²) in [6.07, 6.45) is 0. The van der Waals surface area contributed by atoms with E-state index in [2.05, 4.69) is 5.32 Å². The van der Waals surface area contributed by atoms with Gasteiger partial charge in [-0.3, -0.25) is 9.59 Å². The van der Waals surface area contributed by atoms with E-state index in [0.717, 1.165) is 23.0 Å². The number of aliphatic carboxylic acids is 1. The van der Waals surface area contributed by atoms with Gasteiger partial charge in [0.05, 0.1) is 0 Å². The number of benzene rings is 2. The summed E-state index contributed by atoms with van der Waals surface area (Å²) in [5.74, 6) is -0.704. The fourth-order valence-corrected chi connectivity index (χ4v) is 4.47. The van der Waals surface area contributed by atoms with Crippen molar-refractivity contribution in [2.75, 3.05) is 30.5 Å². The van der Waals surface area contributed by atoms with Crippen molar-refractivity contribution in [3.63, 3.8) is 0 Å². The van der Waals surface area contributed by atoms with Crippen LogP contribution in [0.5, 0.6) is 0 Å². The quantitative estimate of drug-likeness (QED) is 0.528. The van der Waals surface area contributed by atoms with Crippen molar-refractivity contribution in [1.29, 1.82) is 0 Å². The minimum atomic E-state index is -1.07. The molecule has 0 unspecified atom stereocenters. The zero-order valence-electron chi connectivity index (χ0n) is 17.9. The van der Waals surface area contributed by atoms with Crippen LogP contribution in [0.1, 0.15) is 22.8 Å². The summed E-state index contributed by atoms with van der Waals surface area (Å²) in [6, 6.07) is 15.9. The minimum Gasteiger partial charge on any atom is -0.480 e. The highest BCUT2D eigenvalue weighted by Gasteiger charge is 2.23. The number of anilines is 1. The van der Waals surface area contributed by atoms with Gasteiger partial charge in [0.2, 0.25) is 11.0 Å². The molecule has 2 N–H and O–H groups in total. The number of hydrogen-bond acceptors (Lipinski definition) is 6. The molecule has 0 saturated heterocycles. The summed E-state index contributed by atoms with van der Waals surface area (Å²) in [4.78, 5) is 38.2. The lowest BCUT2D eigenvalue weighted by molar-refractivity contribution is -0.141. The molecule has 2 aromatic carbocycles. The van der Waals surface area contributed by atoms with Gasteiger partial charge < -0.3 is 15.3 Å². The molecule has 0 heterocycles. The summed E-state index contributed by atoms with van der Waals surface area (Å²) < 4.78 is 0. The summed E-state index contributed by atoms with van der Waals surface area (Å²) in [5.41, 5.74) is 2.77. The van der Waals surface area contributed by atoms with E-state index in [0.29, 0.717) is 11.3 Å². The number of thioether (sulfide) groups is 2. The zero-order valence-corrected chi connectivity index (χ0v) is 19.5. The number of nitrogens with one attached hydrogen (secondary N) is 1. The maximum Gasteiger partial charge on any atom is 0.327 e. The predicted molar refractivity (Wildman–Crippen MR) is 129 cm³/mol. The van der Waals surface area contributed by atoms with E-state index in [9.17, 15) is 19.5 Å². The van der Waals surface area contributed by atoms with Crippen molar-refractivity contribution in [3.05, 3.63) is 65.7 Å². The molecule has 0 saturated carbocycles. The smallest absolute Gasteiger partial charge is 0.327 e. The van der Waals surface area contributed by atoms with E-state index in [4.69, 9.17) is 0 Å². The van der Waals surface area contributed by atoms with Crippen molar-refractivity contribution in [1.82, 2.24) is 5.32 Å². The standard InChI is InChI=1S/C23H28N2O4S2/c1-16(13-31-23(29)18-7-5-4-6-8-18)21(26)24-20(22(27)28)15-30-14-17-9-11-19(12-10-17)25(2)3/h4-12,16,20H,13-15H2,1-3H3,(H,24,26)(H,27,28)/t16-,20+/m1/s1. The lowest BCUT2D eigenvalue weighted by Crippen LogP contribution is -2.45. The van der Waals surface area contributed by atoms with Gasteiger partial charge in [-0.05, 0) is 17.7 Å². The summed E-state index contributed by atoms with van der Waals surface area (Å²) in [7, 11) is 3.95. The molecule has 8 heteroatoms. The summed E-state index contributed by atoms with van der Waals surface area (Å²) in [5, 5.41) is 12.0. The molecule has 0 spiro atoms. The molecule has 0 aromatic heterocycles. The van der Waals surface area contributed by atoms with Gasteiger partial charge >= 0.3 is 5.97 Å². The number of carboxylic acids is 1. The number of carbonyl (C=O) groups excluding carboxylic acids is 2. The highest BCUT2D eigenvalue weighted by molar-refractivity contribution is 8.14. The topological polar surface area (TPSA) is 86.7 Å². The van der Waals surface area contributed by atoms with E-state index in [1.54, 1.807) is 31.2 Å². The number of rotatable bonds is 11. The molecule has 0 fully saturated rings. The van der Waals surface area contributed by atoms with Gasteiger partial charge in [0.1, 0.15) is 6.04 Å². The van der Waals surface area contributed by atoms with Crippen molar-refractivity contribution >= 4 is 46.2 Å². The molecule has 31 heavy (non-hydrogen) atoms. The molecule has 0 aliphatic rings. The van der Waals surface area contributed by atoms with Gasteiger partial charge in [-0.15, -0.1) is 0 Å². The molecular formula is C23H28N2O4S2. The first-order chi connectivity index (χ1) is 14.8. The van der Waals surface area contributed by atoms with E-state index in [1.165, 1.54) is 11.8 Å². The Bertz CT molecular complexity index is 873. The molecule has 0 radical (unpaired) electrons. The van der Waals surface area contributed by atoms with Crippen molar-refractivity contribution < 1.29 is 19.5 Å². The first-order valence-electron chi connectivity index (χ1n) is 9.87. The molecular weight excluding hydrogens is 432 g/mol. The highest BCUT2D eigenvalue weighted by atomic mass is 32.2. The predicted octanol–water partition coefficient (Wildman–Crippen LogP) is 3.76. The van der Waals surface area contributed by atoms with E-state index in [-0.39, 0.29) is 22.5 Å². The third-order valence-electron chi connectivity index (χ3n) is 4.54. The van der Waals surface area contributed by atoms with Crippen LogP contribution in [0.15, 0.2) is 54.6 Å². The Balaban J connectivity index is 1.79. The Labute approximate surface area is 191 Å². The molecule has 0 aliphatic heterocycles. The Hall–Kier alpha value is -2.45. The van der Waals surface area contributed by atoms with Crippen molar-refractivity contribution in [2.45, 2.75) is 18.7 Å². The minimum absolute atomic E-state index is 0.106. The van der Waals surface area contributed by atoms with Crippen LogP contribution < -0.4 is 10.2 Å². The van der Waals surface area contributed by atoms with Crippen LogP contribution in [-0.2, 0) is 15.3 Å². The largest absolute Gasteiger partial charge is 0.480 e. The number of carboxylic acid groups (broad SMARTS) is 1. The van der Waals surface area contributed by atoms with Gasteiger partial charge in [0.15, 0.2) is 0 Å². The van der Waals surface area contributed by atoms with Gasteiger partial charge in [0, 0.05) is 48.5 Å². The molecule has 0 bridgehead atoms. The second kappa shape index (κ2) is 12.4. The maximum atomic E-state index is 12.4. The summed E-state index contributed by atoms with van der Waals surface area (Å²) >= 11 is 2.52. The molecule has 6 nitrogen and oxygen atoms in total. The van der Waals surface area contributed by atoms with Crippen LogP contribution in [0, 0.1) is 5.92 Å². The van der Waals surface area contributed by atoms with Gasteiger partial charge in [-0.25, -0.2) is 4.79 Å². The first-order valence-corrected chi connectivity index (χ1v) is 12.0. The van der Waals surface area contributed by atoms with Crippen molar-refractivity contribution in [3.8, 4) is 0 Å². The second-order valence-electron chi connectivity index (χ2n) is 7.34. The van der Waals surface area contributed by atoms with Crippen LogP contribution in [-0.4, -0.2) is 53.7 Å². The average molecular weight is 461 g/mol. The summed E-state index contributed by atoms with van der Waals surface area (Å²) in [6.45, 7) is 1.69. The van der Waals surface area contributed by atoms with Gasteiger partial charge in [0.25, 0.3) is 0 Å². The number of amides is 1. The molecule has 166 valence electrons. The third kappa shape index (κ3) is 8.30. The highest BCUT2D eigenvalue weighted by Crippen LogP contribution is 2.19. The van der Waals surface area contributed by atoms with Gasteiger partial charge in [-0.1, -0.05) is 61.2 Å². The lowest BCUT2D eigenvalue weighted by atomic mass is 10.2. The Kier molecular flexibility index (Phi) is 9.94. The fourth-order valence-electron chi connectivity index (χ4n) is 2.61. The molecule has 2 aromatic rings. The molecule has 2 atom stereocenters. The maximum absolute atomic E-state index is 12.4. The number of nitrogens with zero attached hydrogens (tertiary/aromatic N) is 1. The number of hydrogen-bond donors (Lipinski definition) is 2. The third-order valence-corrected chi connectivity index (χ3v) is 6.81. The average Bonchev–Trinajstić information content (AvgIpc) is 2.77. The first kappa shape index (κ1) is 24.8. The fraction of sp³-hybridized carbons (Fsp3) is 0.348.